The van der Waals surface area contributed by atoms with Crippen molar-refractivity contribution in [2.75, 3.05) is 54.0 Å². The second-order valence-corrected chi connectivity index (χ2v) is 9.14. The van der Waals surface area contributed by atoms with Gasteiger partial charge in [0.15, 0.2) is 0 Å². The summed E-state index contributed by atoms with van der Waals surface area (Å²) >= 11 is 0. The van der Waals surface area contributed by atoms with E-state index in [4.69, 9.17) is 0 Å². The van der Waals surface area contributed by atoms with E-state index < -0.39 is 0 Å². The van der Waals surface area contributed by atoms with Crippen molar-refractivity contribution in [3.05, 3.63) is 24.3 Å². The first-order valence-electron chi connectivity index (χ1n) is 11.9. The molecule has 4 nitrogen and oxygen atoms in total. The van der Waals surface area contributed by atoms with Crippen LogP contribution in [0.1, 0.15) is 57.8 Å². The van der Waals surface area contributed by atoms with Crippen LogP contribution in [0.5, 0.6) is 5.75 Å². The van der Waals surface area contributed by atoms with Gasteiger partial charge in [0.1, 0.15) is 5.75 Å². The van der Waals surface area contributed by atoms with Gasteiger partial charge in [0.2, 0.25) is 0 Å². The highest BCUT2D eigenvalue weighted by atomic mass is 16.3. The Morgan fingerprint density at radius 1 is 0.552 bits per heavy atom. The molecule has 29 heavy (non-hydrogen) atoms. The van der Waals surface area contributed by atoms with E-state index in [1.807, 2.05) is 12.1 Å². The molecule has 3 aliphatic rings. The van der Waals surface area contributed by atoms with Crippen LogP contribution < -0.4 is 14.7 Å². The largest absolute Gasteiger partial charge is 0.508 e. The number of fused-ring (bicyclic) bond motifs is 1. The monoisotopic (exact) mass is 393 g/mol. The van der Waals surface area contributed by atoms with E-state index in [2.05, 4.69) is 26.8 Å². The third kappa shape index (κ3) is 3.74. The van der Waals surface area contributed by atoms with Crippen LogP contribution >= 0.6 is 0 Å². The van der Waals surface area contributed by atoms with Crippen LogP contribution in [-0.2, 0) is 0 Å². The summed E-state index contributed by atoms with van der Waals surface area (Å²) in [4.78, 5) is 7.97. The molecular formula is C25H35N3O. The fourth-order valence-corrected chi connectivity index (χ4v) is 5.59. The molecule has 156 valence electrons. The number of phenolic OH excluding ortho intramolecular Hbond substituents is 1. The van der Waals surface area contributed by atoms with Gasteiger partial charge in [-0.05, 0) is 87.4 Å². The molecule has 0 atom stereocenters. The summed E-state index contributed by atoms with van der Waals surface area (Å²) in [7, 11) is 0. The van der Waals surface area contributed by atoms with Gasteiger partial charge in [0.25, 0.3) is 0 Å². The summed E-state index contributed by atoms with van der Waals surface area (Å²) in [5.41, 5.74) is 4.32. The Morgan fingerprint density at radius 2 is 1.07 bits per heavy atom. The third-order valence-electron chi connectivity index (χ3n) is 7.09. The summed E-state index contributed by atoms with van der Waals surface area (Å²) < 4.78 is 0. The number of phenols is 1. The predicted octanol–water partition coefficient (Wildman–Crippen LogP) is 5.52. The molecule has 0 aromatic heterocycles. The van der Waals surface area contributed by atoms with E-state index in [0.717, 1.165) is 26.2 Å². The number of hydrogen-bond acceptors (Lipinski definition) is 4. The molecule has 3 saturated heterocycles. The van der Waals surface area contributed by atoms with Gasteiger partial charge in [-0.3, -0.25) is 0 Å². The molecule has 2 aromatic carbocycles. The van der Waals surface area contributed by atoms with Crippen LogP contribution in [0, 0.1) is 0 Å². The number of aromatic hydroxyl groups is 1. The molecule has 0 amide bonds. The molecule has 0 bridgehead atoms. The molecule has 4 heteroatoms. The normalized spacial score (nSPS) is 21.0. The number of hydrogen-bond donors (Lipinski definition) is 1. The summed E-state index contributed by atoms with van der Waals surface area (Å²) in [6.07, 6.45) is 11.8. The summed E-state index contributed by atoms with van der Waals surface area (Å²) in [5.74, 6) is 0.373. The molecule has 0 radical (unpaired) electrons. The zero-order chi connectivity index (χ0) is 19.6. The van der Waals surface area contributed by atoms with Gasteiger partial charge in [-0.2, -0.15) is 0 Å². The molecular weight excluding hydrogens is 358 g/mol. The van der Waals surface area contributed by atoms with Gasteiger partial charge in [-0.1, -0.05) is 0 Å². The van der Waals surface area contributed by atoms with Crippen molar-refractivity contribution in [2.24, 2.45) is 0 Å². The van der Waals surface area contributed by atoms with E-state index >= 15 is 0 Å². The zero-order valence-electron chi connectivity index (χ0n) is 17.7. The van der Waals surface area contributed by atoms with Crippen LogP contribution in [0.15, 0.2) is 24.3 Å². The van der Waals surface area contributed by atoms with Crippen molar-refractivity contribution in [3.63, 3.8) is 0 Å². The average Bonchev–Trinajstić information content (AvgIpc) is 2.79. The van der Waals surface area contributed by atoms with E-state index in [1.54, 1.807) is 0 Å². The van der Waals surface area contributed by atoms with Crippen LogP contribution in [0.25, 0.3) is 10.8 Å². The topological polar surface area (TPSA) is 30.0 Å². The standard InChI is InChI=1S/C25H35N3O/c29-21-10-11-22-20(18-21)19-23(26-12-4-1-5-13-26)25(28-16-8-3-9-17-28)24(22)27-14-6-2-7-15-27/h10-11,18-19,29H,1-9,12-17H2. The Labute approximate surface area is 175 Å². The number of piperidine rings is 3. The van der Waals surface area contributed by atoms with Gasteiger partial charge in [0.05, 0.1) is 17.1 Å². The molecule has 2 aromatic rings. The highest BCUT2D eigenvalue weighted by molar-refractivity contribution is 6.07. The first kappa shape index (κ1) is 18.9. The third-order valence-corrected chi connectivity index (χ3v) is 7.09. The Hall–Kier alpha value is -2.10. The van der Waals surface area contributed by atoms with Crippen molar-refractivity contribution in [2.45, 2.75) is 57.8 Å². The van der Waals surface area contributed by atoms with Crippen molar-refractivity contribution in [1.29, 1.82) is 0 Å². The molecule has 0 spiro atoms. The Balaban J connectivity index is 1.73. The van der Waals surface area contributed by atoms with E-state index in [0.29, 0.717) is 5.75 Å². The van der Waals surface area contributed by atoms with Gasteiger partial charge in [-0.15, -0.1) is 0 Å². The average molecular weight is 394 g/mol. The van der Waals surface area contributed by atoms with Gasteiger partial charge in [0, 0.05) is 44.7 Å². The molecule has 3 fully saturated rings. The fraction of sp³-hybridized carbons (Fsp3) is 0.600. The molecule has 1 N–H and O–H groups in total. The number of rotatable bonds is 3. The minimum atomic E-state index is 0.373. The van der Waals surface area contributed by atoms with Gasteiger partial charge >= 0.3 is 0 Å². The lowest BCUT2D eigenvalue weighted by molar-refractivity contribution is 0.476. The second-order valence-electron chi connectivity index (χ2n) is 9.14. The van der Waals surface area contributed by atoms with Crippen LogP contribution in [0.4, 0.5) is 17.1 Å². The smallest absolute Gasteiger partial charge is 0.116 e. The van der Waals surface area contributed by atoms with Crippen LogP contribution in [-0.4, -0.2) is 44.4 Å². The Morgan fingerprint density at radius 3 is 1.66 bits per heavy atom. The lowest BCUT2D eigenvalue weighted by Gasteiger charge is -2.41. The lowest BCUT2D eigenvalue weighted by atomic mass is 9.98. The van der Waals surface area contributed by atoms with Crippen molar-refractivity contribution < 1.29 is 5.11 Å². The highest BCUT2D eigenvalue weighted by Gasteiger charge is 2.28. The maximum Gasteiger partial charge on any atom is 0.116 e. The van der Waals surface area contributed by atoms with Gasteiger partial charge in [-0.25, -0.2) is 0 Å². The molecule has 0 aliphatic carbocycles. The summed E-state index contributed by atoms with van der Waals surface area (Å²) in [5, 5.41) is 12.7. The molecule has 0 unspecified atom stereocenters. The zero-order valence-corrected chi connectivity index (χ0v) is 17.7. The Kier molecular flexibility index (Phi) is 5.43. The molecule has 5 rings (SSSR count). The Bertz CT molecular complexity index is 847. The number of benzene rings is 2. The molecule has 0 saturated carbocycles. The van der Waals surface area contributed by atoms with E-state index in [-0.39, 0.29) is 0 Å². The number of anilines is 3. The number of nitrogens with zero attached hydrogens (tertiary/aromatic N) is 3. The maximum atomic E-state index is 10.2. The van der Waals surface area contributed by atoms with Crippen molar-refractivity contribution >= 4 is 27.8 Å². The van der Waals surface area contributed by atoms with Crippen LogP contribution in [0.3, 0.4) is 0 Å². The maximum absolute atomic E-state index is 10.2. The van der Waals surface area contributed by atoms with Crippen molar-refractivity contribution in [1.82, 2.24) is 0 Å². The first-order chi connectivity index (χ1) is 14.3. The fourth-order valence-electron chi connectivity index (χ4n) is 5.59. The summed E-state index contributed by atoms with van der Waals surface area (Å²) in [6.45, 7) is 6.96. The molecule has 3 heterocycles. The first-order valence-corrected chi connectivity index (χ1v) is 11.9. The van der Waals surface area contributed by atoms with E-state index in [1.165, 1.54) is 98.7 Å². The van der Waals surface area contributed by atoms with Gasteiger partial charge < -0.3 is 19.8 Å². The lowest BCUT2D eigenvalue weighted by Crippen LogP contribution is -2.37. The minimum absolute atomic E-state index is 0.373. The minimum Gasteiger partial charge on any atom is -0.508 e. The van der Waals surface area contributed by atoms with E-state index in [9.17, 15) is 5.11 Å². The predicted molar refractivity (Wildman–Crippen MR) is 124 cm³/mol. The quantitative estimate of drug-likeness (QED) is 0.744. The van der Waals surface area contributed by atoms with Crippen LogP contribution in [0.2, 0.25) is 0 Å². The molecule has 3 aliphatic heterocycles. The summed E-state index contributed by atoms with van der Waals surface area (Å²) in [6, 6.07) is 8.37. The van der Waals surface area contributed by atoms with Crippen molar-refractivity contribution in [3.8, 4) is 5.75 Å². The second kappa shape index (κ2) is 8.33. The highest BCUT2D eigenvalue weighted by Crippen LogP contribution is 2.47. The SMILES string of the molecule is Oc1ccc2c(N3CCCCC3)c(N3CCCCC3)c(N3CCCCC3)cc2c1.